The van der Waals surface area contributed by atoms with Crippen molar-refractivity contribution in [3.63, 3.8) is 0 Å². The summed E-state index contributed by atoms with van der Waals surface area (Å²) in [5.41, 5.74) is 0. The molecule has 0 fully saturated rings. The van der Waals surface area contributed by atoms with Crippen LogP contribution in [0.3, 0.4) is 0 Å². The third-order valence-electron chi connectivity index (χ3n) is 4.58. The van der Waals surface area contributed by atoms with Crippen LogP contribution in [0.5, 0.6) is 5.75 Å². The summed E-state index contributed by atoms with van der Waals surface area (Å²) in [7, 11) is 1.70. The largest absolute Gasteiger partial charge is 0.484 e. The van der Waals surface area contributed by atoms with Gasteiger partial charge in [0.25, 0.3) is 0 Å². The van der Waals surface area contributed by atoms with E-state index in [0.29, 0.717) is 13.0 Å². The Bertz CT molecular complexity index is 933. The van der Waals surface area contributed by atoms with E-state index in [2.05, 4.69) is 12.1 Å². The Morgan fingerprint density at radius 2 is 1.86 bits per heavy atom. The number of benzene rings is 2. The second-order valence-corrected chi connectivity index (χ2v) is 7.58. The highest BCUT2D eigenvalue weighted by atomic mass is 32.1. The summed E-state index contributed by atoms with van der Waals surface area (Å²) in [5, 5.41) is 12.9. The minimum absolute atomic E-state index is 0.0136. The molecule has 6 heteroatoms. The second-order valence-electron chi connectivity index (χ2n) is 6.60. The van der Waals surface area contributed by atoms with Crippen molar-refractivity contribution in [1.29, 1.82) is 0 Å². The molecule has 5 nitrogen and oxygen atoms in total. The van der Waals surface area contributed by atoms with Crippen molar-refractivity contribution in [2.45, 2.75) is 25.4 Å². The lowest BCUT2D eigenvalue weighted by molar-refractivity contribution is -0.140. The van der Waals surface area contributed by atoms with E-state index < -0.39 is 5.97 Å². The zero-order valence-corrected chi connectivity index (χ0v) is 16.5. The molecule has 1 heterocycles. The van der Waals surface area contributed by atoms with Gasteiger partial charge in [-0.05, 0) is 22.9 Å². The Kier molecular flexibility index (Phi) is 6.66. The predicted octanol–water partition coefficient (Wildman–Crippen LogP) is 4.73. The molecule has 0 saturated carbocycles. The lowest BCUT2D eigenvalue weighted by Crippen LogP contribution is -2.29. The van der Waals surface area contributed by atoms with Crippen LogP contribution in [-0.2, 0) is 9.59 Å². The monoisotopic (exact) mass is 397 g/mol. The third-order valence-corrected chi connectivity index (χ3v) is 5.55. The van der Waals surface area contributed by atoms with E-state index in [9.17, 15) is 9.59 Å². The quantitative estimate of drug-likeness (QED) is 0.567. The lowest BCUT2D eigenvalue weighted by Gasteiger charge is -2.23. The molecule has 0 bridgehead atoms. The van der Waals surface area contributed by atoms with E-state index in [1.165, 1.54) is 0 Å². The molecule has 2 aromatic carbocycles. The van der Waals surface area contributed by atoms with Crippen molar-refractivity contribution >= 4 is 34.0 Å². The lowest BCUT2D eigenvalue weighted by atomic mass is 10.1. The normalized spacial score (nSPS) is 11.9. The molecule has 28 heavy (non-hydrogen) atoms. The first-order valence-electron chi connectivity index (χ1n) is 9.18. The first-order valence-corrected chi connectivity index (χ1v) is 10.1. The van der Waals surface area contributed by atoms with Gasteiger partial charge in [0, 0.05) is 36.7 Å². The number of carboxylic acids is 1. The fraction of sp³-hybridized carbons (Fsp3) is 0.273. The van der Waals surface area contributed by atoms with Crippen molar-refractivity contribution in [3.8, 4) is 5.75 Å². The number of aliphatic carboxylic acids is 1. The average Bonchev–Trinajstić information content (AvgIpc) is 3.23. The molecule has 0 aliphatic heterocycles. The van der Waals surface area contributed by atoms with Crippen LogP contribution in [0.15, 0.2) is 60.0 Å². The highest BCUT2D eigenvalue weighted by Gasteiger charge is 2.19. The molecule has 0 radical (unpaired) electrons. The number of carboxylic acid groups (broad SMARTS) is 1. The van der Waals surface area contributed by atoms with E-state index >= 15 is 0 Å². The molecule has 1 aromatic heterocycles. The Hall–Kier alpha value is -2.86. The van der Waals surface area contributed by atoms with Crippen LogP contribution in [0.25, 0.3) is 10.8 Å². The maximum absolute atomic E-state index is 12.1. The molecule has 1 N–H and O–H groups in total. The van der Waals surface area contributed by atoms with Crippen LogP contribution in [0.2, 0.25) is 0 Å². The third kappa shape index (κ3) is 5.10. The molecule has 0 aliphatic carbocycles. The SMILES string of the molecule is CN(CC[C@H](Oc1cccc2ccccc12)c1cccs1)C(=O)CCC(=O)O. The number of nitrogens with zero attached hydrogens (tertiary/aromatic N) is 1. The Labute approximate surface area is 168 Å². The molecule has 0 aliphatic rings. The van der Waals surface area contributed by atoms with Crippen LogP contribution in [-0.4, -0.2) is 35.5 Å². The molecule has 1 atom stereocenters. The van der Waals surface area contributed by atoms with Gasteiger partial charge in [-0.15, -0.1) is 11.3 Å². The summed E-state index contributed by atoms with van der Waals surface area (Å²) in [5.74, 6) is -0.314. The average molecular weight is 397 g/mol. The molecule has 0 unspecified atom stereocenters. The number of ether oxygens (including phenoxy) is 1. The summed E-state index contributed by atoms with van der Waals surface area (Å²) < 4.78 is 6.38. The van der Waals surface area contributed by atoms with Crippen molar-refractivity contribution in [2.24, 2.45) is 0 Å². The number of hydrogen-bond acceptors (Lipinski definition) is 4. The van der Waals surface area contributed by atoms with Crippen LogP contribution in [0, 0.1) is 0 Å². The first kappa shape index (κ1) is 19.9. The molecule has 146 valence electrons. The first-order chi connectivity index (χ1) is 13.5. The van der Waals surface area contributed by atoms with E-state index in [4.69, 9.17) is 9.84 Å². The van der Waals surface area contributed by atoms with Crippen LogP contribution < -0.4 is 4.74 Å². The summed E-state index contributed by atoms with van der Waals surface area (Å²) >= 11 is 1.62. The molecule has 0 saturated heterocycles. The van der Waals surface area contributed by atoms with Gasteiger partial charge >= 0.3 is 5.97 Å². The molecular weight excluding hydrogens is 374 g/mol. The Morgan fingerprint density at radius 3 is 2.61 bits per heavy atom. The highest BCUT2D eigenvalue weighted by Crippen LogP contribution is 2.32. The van der Waals surface area contributed by atoms with Gasteiger partial charge < -0.3 is 14.7 Å². The van der Waals surface area contributed by atoms with E-state index in [-0.39, 0.29) is 24.9 Å². The highest BCUT2D eigenvalue weighted by molar-refractivity contribution is 7.10. The summed E-state index contributed by atoms with van der Waals surface area (Å²) in [4.78, 5) is 25.4. The minimum Gasteiger partial charge on any atom is -0.484 e. The van der Waals surface area contributed by atoms with E-state index in [1.54, 1.807) is 23.3 Å². The topological polar surface area (TPSA) is 66.8 Å². The number of amides is 1. The Balaban J connectivity index is 1.72. The standard InChI is InChI=1S/C22H23NO4S/c1-23(21(24)11-12-22(25)26)14-13-19(20-10-5-15-28-20)27-18-9-4-7-16-6-2-3-8-17(16)18/h2-10,15,19H,11-14H2,1H3,(H,25,26)/t19-/m0/s1. The summed E-state index contributed by atoms with van der Waals surface area (Å²) in [6.45, 7) is 0.492. The van der Waals surface area contributed by atoms with Gasteiger partial charge in [0.2, 0.25) is 5.91 Å². The number of hydrogen-bond donors (Lipinski definition) is 1. The zero-order valence-electron chi connectivity index (χ0n) is 15.7. The van der Waals surface area contributed by atoms with Crippen LogP contribution in [0.1, 0.15) is 30.2 Å². The van der Waals surface area contributed by atoms with Gasteiger partial charge in [0.05, 0.1) is 6.42 Å². The van der Waals surface area contributed by atoms with Crippen molar-refractivity contribution in [1.82, 2.24) is 4.90 Å². The number of rotatable bonds is 9. The number of fused-ring (bicyclic) bond motifs is 1. The van der Waals surface area contributed by atoms with Gasteiger partial charge in [0.15, 0.2) is 0 Å². The maximum atomic E-state index is 12.1. The predicted molar refractivity (Wildman–Crippen MR) is 111 cm³/mol. The van der Waals surface area contributed by atoms with Crippen molar-refractivity contribution < 1.29 is 19.4 Å². The molecular formula is C22H23NO4S. The van der Waals surface area contributed by atoms with Gasteiger partial charge in [0.1, 0.15) is 11.9 Å². The van der Waals surface area contributed by atoms with Gasteiger partial charge in [-0.1, -0.05) is 42.5 Å². The van der Waals surface area contributed by atoms with Crippen molar-refractivity contribution in [2.75, 3.05) is 13.6 Å². The number of carbonyl (C=O) groups is 2. The summed E-state index contributed by atoms with van der Waals surface area (Å²) in [6, 6.07) is 18.1. The Morgan fingerprint density at radius 1 is 1.07 bits per heavy atom. The molecule has 0 spiro atoms. The molecule has 3 rings (SSSR count). The van der Waals surface area contributed by atoms with Gasteiger partial charge in [-0.3, -0.25) is 9.59 Å². The molecule has 1 amide bonds. The molecule has 3 aromatic rings. The number of thiophene rings is 1. The fourth-order valence-corrected chi connectivity index (χ4v) is 3.81. The minimum atomic E-state index is -0.961. The zero-order chi connectivity index (χ0) is 19.9. The van der Waals surface area contributed by atoms with E-state index in [1.807, 2.05) is 47.8 Å². The van der Waals surface area contributed by atoms with Crippen molar-refractivity contribution in [3.05, 3.63) is 64.9 Å². The smallest absolute Gasteiger partial charge is 0.303 e. The van der Waals surface area contributed by atoms with Crippen LogP contribution in [0.4, 0.5) is 0 Å². The summed E-state index contributed by atoms with van der Waals surface area (Å²) in [6.07, 6.45) is 0.309. The second kappa shape index (κ2) is 9.37. The van der Waals surface area contributed by atoms with Gasteiger partial charge in [-0.2, -0.15) is 0 Å². The van der Waals surface area contributed by atoms with Crippen LogP contribution >= 0.6 is 11.3 Å². The van der Waals surface area contributed by atoms with Gasteiger partial charge in [-0.25, -0.2) is 0 Å². The number of carbonyl (C=O) groups excluding carboxylic acids is 1. The van der Waals surface area contributed by atoms with E-state index in [0.717, 1.165) is 21.4 Å². The maximum Gasteiger partial charge on any atom is 0.303 e. The fourth-order valence-electron chi connectivity index (χ4n) is 3.03.